The summed E-state index contributed by atoms with van der Waals surface area (Å²) in [5.41, 5.74) is 0.585. The minimum Gasteiger partial charge on any atom is -0.481 e. The zero-order valence-corrected chi connectivity index (χ0v) is 15.2. The number of amides is 1. The van der Waals surface area contributed by atoms with Crippen LogP contribution in [-0.2, 0) is 4.79 Å². The van der Waals surface area contributed by atoms with Crippen LogP contribution in [0.25, 0.3) is 0 Å². The molecule has 21 heavy (non-hydrogen) atoms. The fourth-order valence-corrected chi connectivity index (χ4v) is 3.21. The highest BCUT2D eigenvalue weighted by Gasteiger charge is 2.13. The topological polar surface area (TPSA) is 66.4 Å². The van der Waals surface area contributed by atoms with Gasteiger partial charge in [0.25, 0.3) is 5.91 Å². The average molecular weight is 421 g/mol. The maximum Gasteiger partial charge on any atom is 0.306 e. The molecule has 0 heterocycles. The highest BCUT2D eigenvalue weighted by atomic mass is 79.9. The molecular weight excluding hydrogens is 402 g/mol. The lowest BCUT2D eigenvalue weighted by molar-refractivity contribution is -0.141. The largest absolute Gasteiger partial charge is 0.481 e. The molecule has 0 fully saturated rings. The zero-order chi connectivity index (χ0) is 16.0. The lowest BCUT2D eigenvalue weighted by Gasteiger charge is -2.15. The Labute approximate surface area is 141 Å². The summed E-state index contributed by atoms with van der Waals surface area (Å²) >= 11 is 6.71. The van der Waals surface area contributed by atoms with Gasteiger partial charge in [-0.3, -0.25) is 9.59 Å². The number of halogens is 2. The van der Waals surface area contributed by atoms with Gasteiger partial charge in [-0.2, -0.15) is 0 Å². The number of benzene rings is 1. The van der Waals surface area contributed by atoms with Crippen LogP contribution >= 0.6 is 31.9 Å². The summed E-state index contributed by atoms with van der Waals surface area (Å²) in [6.45, 7) is 3.63. The van der Waals surface area contributed by atoms with Gasteiger partial charge in [-0.15, -0.1) is 0 Å². The van der Waals surface area contributed by atoms with Crippen LogP contribution < -0.4 is 5.32 Å². The lowest BCUT2D eigenvalue weighted by Crippen LogP contribution is -2.32. The first-order valence-corrected chi connectivity index (χ1v) is 8.38. The third kappa shape index (κ3) is 6.61. The molecule has 6 heteroatoms. The van der Waals surface area contributed by atoms with Gasteiger partial charge in [0.1, 0.15) is 0 Å². The van der Waals surface area contributed by atoms with Crippen molar-refractivity contribution in [2.45, 2.75) is 39.2 Å². The van der Waals surface area contributed by atoms with Gasteiger partial charge in [0.15, 0.2) is 0 Å². The highest BCUT2D eigenvalue weighted by molar-refractivity contribution is 9.11. The molecule has 2 atom stereocenters. The number of carbonyl (C=O) groups excluding carboxylic acids is 1. The van der Waals surface area contributed by atoms with E-state index in [4.69, 9.17) is 5.11 Å². The molecule has 0 aliphatic heterocycles. The Morgan fingerprint density at radius 1 is 1.14 bits per heavy atom. The molecule has 0 saturated heterocycles. The molecule has 1 aromatic carbocycles. The Hall–Kier alpha value is -0.880. The molecule has 0 aliphatic carbocycles. The standard InChI is InChI=1S/C15H19Br2NO3/c1-9(15(20)21)4-3-5-10(2)18-14(19)11-6-12(16)8-13(17)7-11/h6-10H,3-5H2,1-2H3,(H,18,19)(H,20,21). The van der Waals surface area contributed by atoms with E-state index in [9.17, 15) is 9.59 Å². The molecule has 0 aliphatic rings. The third-order valence-electron chi connectivity index (χ3n) is 3.20. The van der Waals surface area contributed by atoms with Crippen LogP contribution in [0.3, 0.4) is 0 Å². The molecule has 0 aromatic heterocycles. The second-order valence-electron chi connectivity index (χ2n) is 5.20. The average Bonchev–Trinajstić information content (AvgIpc) is 2.37. The minimum atomic E-state index is -0.773. The molecule has 0 saturated carbocycles. The fourth-order valence-electron chi connectivity index (χ4n) is 1.92. The van der Waals surface area contributed by atoms with Crippen molar-refractivity contribution in [1.29, 1.82) is 0 Å². The molecule has 0 radical (unpaired) electrons. The number of carboxylic acids is 1. The van der Waals surface area contributed by atoms with E-state index < -0.39 is 5.97 Å². The van der Waals surface area contributed by atoms with Crippen LogP contribution in [0.4, 0.5) is 0 Å². The monoisotopic (exact) mass is 419 g/mol. The van der Waals surface area contributed by atoms with Gasteiger partial charge in [-0.25, -0.2) is 0 Å². The summed E-state index contributed by atoms with van der Waals surface area (Å²) in [5.74, 6) is -1.24. The van der Waals surface area contributed by atoms with Crippen molar-refractivity contribution in [2.24, 2.45) is 5.92 Å². The van der Waals surface area contributed by atoms with Crippen molar-refractivity contribution in [1.82, 2.24) is 5.32 Å². The normalized spacial score (nSPS) is 13.5. The van der Waals surface area contributed by atoms with Gasteiger partial charge in [-0.1, -0.05) is 45.2 Å². The molecule has 1 rings (SSSR count). The van der Waals surface area contributed by atoms with Crippen LogP contribution in [0.2, 0.25) is 0 Å². The minimum absolute atomic E-state index is 0.0104. The maximum absolute atomic E-state index is 12.1. The summed E-state index contributed by atoms with van der Waals surface area (Å²) < 4.78 is 1.68. The second kappa shape index (κ2) is 8.54. The van der Waals surface area contributed by atoms with E-state index in [1.54, 1.807) is 19.1 Å². The van der Waals surface area contributed by atoms with Crippen LogP contribution in [-0.4, -0.2) is 23.0 Å². The van der Waals surface area contributed by atoms with Crippen LogP contribution in [0, 0.1) is 5.92 Å². The van der Waals surface area contributed by atoms with Crippen molar-refractivity contribution < 1.29 is 14.7 Å². The molecule has 0 bridgehead atoms. The molecule has 4 nitrogen and oxygen atoms in total. The highest BCUT2D eigenvalue weighted by Crippen LogP contribution is 2.20. The predicted molar refractivity (Wildman–Crippen MR) is 89.4 cm³/mol. The van der Waals surface area contributed by atoms with E-state index in [1.165, 1.54) is 0 Å². The van der Waals surface area contributed by atoms with Crippen molar-refractivity contribution >= 4 is 43.7 Å². The van der Waals surface area contributed by atoms with Gasteiger partial charge in [0, 0.05) is 20.6 Å². The first kappa shape index (κ1) is 18.2. The number of nitrogens with one attached hydrogen (secondary N) is 1. The smallest absolute Gasteiger partial charge is 0.306 e. The summed E-state index contributed by atoms with van der Waals surface area (Å²) in [6.07, 6.45) is 2.16. The van der Waals surface area contributed by atoms with Crippen molar-refractivity contribution in [3.05, 3.63) is 32.7 Å². The number of carboxylic acid groups (broad SMARTS) is 1. The number of aliphatic carboxylic acids is 1. The Kier molecular flexibility index (Phi) is 7.39. The summed E-state index contributed by atoms with van der Waals surface area (Å²) in [5, 5.41) is 11.7. The van der Waals surface area contributed by atoms with Crippen LogP contribution in [0.1, 0.15) is 43.5 Å². The Morgan fingerprint density at radius 2 is 1.71 bits per heavy atom. The molecule has 2 unspecified atom stereocenters. The number of hydrogen-bond donors (Lipinski definition) is 2. The van der Waals surface area contributed by atoms with E-state index in [1.807, 2.05) is 13.0 Å². The molecule has 116 valence electrons. The first-order valence-electron chi connectivity index (χ1n) is 6.79. The number of rotatable bonds is 7. The van der Waals surface area contributed by atoms with Gasteiger partial charge in [0.05, 0.1) is 5.92 Å². The van der Waals surface area contributed by atoms with Gasteiger partial charge in [-0.05, 0) is 38.0 Å². The first-order chi connectivity index (χ1) is 9.79. The summed E-state index contributed by atoms with van der Waals surface area (Å²) in [6, 6.07) is 5.41. The molecule has 1 amide bonds. The van der Waals surface area contributed by atoms with E-state index >= 15 is 0 Å². The van der Waals surface area contributed by atoms with Crippen LogP contribution in [0.15, 0.2) is 27.1 Å². The second-order valence-corrected chi connectivity index (χ2v) is 7.03. The van der Waals surface area contributed by atoms with Gasteiger partial charge in [0.2, 0.25) is 0 Å². The summed E-state index contributed by atoms with van der Waals surface area (Å²) in [4.78, 5) is 22.8. The number of carbonyl (C=O) groups is 2. The number of hydrogen-bond acceptors (Lipinski definition) is 2. The Bertz CT molecular complexity index is 499. The van der Waals surface area contributed by atoms with E-state index in [-0.39, 0.29) is 17.9 Å². The third-order valence-corrected chi connectivity index (χ3v) is 4.11. The molecule has 2 N–H and O–H groups in total. The van der Waals surface area contributed by atoms with E-state index in [2.05, 4.69) is 37.2 Å². The van der Waals surface area contributed by atoms with Crippen molar-refractivity contribution in [2.75, 3.05) is 0 Å². The Morgan fingerprint density at radius 3 is 2.24 bits per heavy atom. The quantitative estimate of drug-likeness (QED) is 0.693. The fraction of sp³-hybridized carbons (Fsp3) is 0.467. The van der Waals surface area contributed by atoms with Crippen molar-refractivity contribution in [3.63, 3.8) is 0 Å². The summed E-state index contributed by atoms with van der Waals surface area (Å²) in [7, 11) is 0. The molecule has 0 spiro atoms. The zero-order valence-electron chi connectivity index (χ0n) is 12.0. The van der Waals surface area contributed by atoms with Gasteiger partial charge < -0.3 is 10.4 Å². The predicted octanol–water partition coefficient (Wildman–Crippen LogP) is 4.22. The van der Waals surface area contributed by atoms with E-state index in [0.29, 0.717) is 12.0 Å². The van der Waals surface area contributed by atoms with Gasteiger partial charge >= 0.3 is 5.97 Å². The molecular formula is C15H19Br2NO3. The Balaban J connectivity index is 2.45. The maximum atomic E-state index is 12.1. The van der Waals surface area contributed by atoms with Crippen molar-refractivity contribution in [3.8, 4) is 0 Å². The SMILES string of the molecule is CC(CCCC(C)C(=O)O)NC(=O)c1cc(Br)cc(Br)c1. The lowest BCUT2D eigenvalue weighted by atomic mass is 10.0. The van der Waals surface area contributed by atoms with Crippen LogP contribution in [0.5, 0.6) is 0 Å². The van der Waals surface area contributed by atoms with E-state index in [0.717, 1.165) is 21.8 Å². The molecule has 1 aromatic rings.